The zero-order valence-corrected chi connectivity index (χ0v) is 10.9. The van der Waals surface area contributed by atoms with Gasteiger partial charge in [0, 0.05) is 6.42 Å². The Kier molecular flexibility index (Phi) is 4.65. The molecule has 0 saturated carbocycles. The smallest absolute Gasteiger partial charge is 0.416 e. The van der Waals surface area contributed by atoms with Gasteiger partial charge >= 0.3 is 12.1 Å². The van der Waals surface area contributed by atoms with Crippen LogP contribution in [-0.2, 0) is 11.0 Å². The number of piperidine rings is 1. The van der Waals surface area contributed by atoms with Crippen LogP contribution < -0.4 is 10.1 Å². The number of benzene rings is 1. The Hall–Kier alpha value is -1.56. The summed E-state index contributed by atoms with van der Waals surface area (Å²) in [6, 6.07) is 4.38. The average molecular weight is 287 g/mol. The van der Waals surface area contributed by atoms with E-state index < -0.39 is 17.7 Å². The molecule has 20 heavy (non-hydrogen) atoms. The first kappa shape index (κ1) is 14.8. The molecule has 1 N–H and O–H groups in total. The highest BCUT2D eigenvalue weighted by molar-refractivity contribution is 5.72. The summed E-state index contributed by atoms with van der Waals surface area (Å²) in [5.41, 5.74) is -0.815. The Bertz CT molecular complexity index is 468. The number of hydrogen-bond acceptors (Lipinski definition) is 3. The second-order valence-corrected chi connectivity index (χ2v) is 4.90. The highest BCUT2D eigenvalue weighted by Crippen LogP contribution is 2.31. The third kappa shape index (κ3) is 4.23. The summed E-state index contributed by atoms with van der Waals surface area (Å²) in [5.74, 6) is -0.287. The van der Waals surface area contributed by atoms with Gasteiger partial charge in [0.25, 0.3) is 0 Å². The average Bonchev–Trinajstić information content (AvgIpc) is 2.39. The van der Waals surface area contributed by atoms with Crippen LogP contribution in [-0.4, -0.2) is 19.1 Å². The minimum absolute atomic E-state index is 0.0567. The summed E-state index contributed by atoms with van der Waals surface area (Å²) in [7, 11) is 0. The molecule has 2 rings (SSSR count). The van der Waals surface area contributed by atoms with Crippen molar-refractivity contribution in [3.8, 4) is 5.75 Å². The molecule has 1 heterocycles. The summed E-state index contributed by atoms with van der Waals surface area (Å²) >= 11 is 0. The van der Waals surface area contributed by atoms with E-state index in [0.717, 1.165) is 38.1 Å². The largest absolute Gasteiger partial charge is 0.427 e. The van der Waals surface area contributed by atoms with Gasteiger partial charge in [-0.1, -0.05) is 6.07 Å². The van der Waals surface area contributed by atoms with Crippen molar-refractivity contribution in [2.45, 2.75) is 25.4 Å². The lowest BCUT2D eigenvalue weighted by molar-refractivity contribution is -0.139. The molecule has 0 aromatic heterocycles. The topological polar surface area (TPSA) is 38.3 Å². The zero-order chi connectivity index (χ0) is 14.6. The molecule has 0 atom stereocenters. The molecule has 0 bridgehead atoms. The van der Waals surface area contributed by atoms with Crippen molar-refractivity contribution >= 4 is 5.97 Å². The molecular weight excluding hydrogens is 271 g/mol. The number of rotatable bonds is 3. The van der Waals surface area contributed by atoms with Gasteiger partial charge in [-0.25, -0.2) is 0 Å². The van der Waals surface area contributed by atoms with E-state index in [4.69, 9.17) is 4.74 Å². The number of carbonyl (C=O) groups excluding carboxylic acids is 1. The van der Waals surface area contributed by atoms with E-state index in [1.807, 2.05) is 0 Å². The summed E-state index contributed by atoms with van der Waals surface area (Å²) in [6.07, 6.45) is -2.41. The second-order valence-electron chi connectivity index (χ2n) is 4.90. The maximum Gasteiger partial charge on any atom is 0.416 e. The number of ether oxygens (including phenoxy) is 1. The minimum Gasteiger partial charge on any atom is -0.427 e. The number of esters is 1. The predicted octanol–water partition coefficient (Wildman–Crippen LogP) is 3.00. The van der Waals surface area contributed by atoms with Crippen LogP contribution in [0, 0.1) is 5.92 Å². The first-order valence-corrected chi connectivity index (χ1v) is 6.54. The van der Waals surface area contributed by atoms with Crippen molar-refractivity contribution in [1.82, 2.24) is 5.32 Å². The first-order chi connectivity index (χ1) is 9.45. The minimum atomic E-state index is -4.43. The number of halogens is 3. The fourth-order valence-electron chi connectivity index (χ4n) is 2.23. The summed E-state index contributed by atoms with van der Waals surface area (Å²) in [4.78, 5) is 11.7. The zero-order valence-electron chi connectivity index (χ0n) is 10.9. The molecule has 1 aromatic rings. The molecule has 1 aliphatic heterocycles. The van der Waals surface area contributed by atoms with Crippen LogP contribution in [0.1, 0.15) is 24.8 Å². The van der Waals surface area contributed by atoms with Crippen molar-refractivity contribution < 1.29 is 22.7 Å². The van der Waals surface area contributed by atoms with E-state index in [1.165, 1.54) is 12.1 Å². The van der Waals surface area contributed by atoms with Gasteiger partial charge in [-0.3, -0.25) is 4.79 Å². The monoisotopic (exact) mass is 287 g/mol. The van der Waals surface area contributed by atoms with Crippen molar-refractivity contribution in [2.75, 3.05) is 13.1 Å². The Morgan fingerprint density at radius 3 is 2.65 bits per heavy atom. The molecule has 6 heteroatoms. The highest BCUT2D eigenvalue weighted by Gasteiger charge is 2.30. The standard InChI is InChI=1S/C14H16F3NO2/c15-14(16,17)11-2-1-3-12(9-11)20-13(19)8-10-4-6-18-7-5-10/h1-3,9-10,18H,4-8H2. The van der Waals surface area contributed by atoms with Crippen LogP contribution in [0.5, 0.6) is 5.75 Å². The number of nitrogens with one attached hydrogen (secondary N) is 1. The lowest BCUT2D eigenvalue weighted by Crippen LogP contribution is -2.29. The van der Waals surface area contributed by atoms with Gasteiger partial charge in [-0.05, 0) is 50.0 Å². The van der Waals surface area contributed by atoms with Crippen LogP contribution in [0.4, 0.5) is 13.2 Å². The fourth-order valence-corrected chi connectivity index (χ4v) is 2.23. The highest BCUT2D eigenvalue weighted by atomic mass is 19.4. The number of hydrogen-bond donors (Lipinski definition) is 1. The van der Waals surface area contributed by atoms with Gasteiger partial charge < -0.3 is 10.1 Å². The van der Waals surface area contributed by atoms with Crippen LogP contribution in [0.15, 0.2) is 24.3 Å². The van der Waals surface area contributed by atoms with E-state index in [1.54, 1.807) is 0 Å². The lowest BCUT2D eigenvalue weighted by Gasteiger charge is -2.21. The summed E-state index contributed by atoms with van der Waals surface area (Å²) in [5, 5.41) is 3.18. The molecule has 0 radical (unpaired) electrons. The lowest BCUT2D eigenvalue weighted by atomic mass is 9.95. The van der Waals surface area contributed by atoms with E-state index in [0.29, 0.717) is 0 Å². The molecule has 3 nitrogen and oxygen atoms in total. The van der Waals surface area contributed by atoms with Crippen LogP contribution in [0.3, 0.4) is 0 Å². The van der Waals surface area contributed by atoms with Crippen LogP contribution in [0.25, 0.3) is 0 Å². The maximum absolute atomic E-state index is 12.5. The van der Waals surface area contributed by atoms with Gasteiger partial charge in [0.2, 0.25) is 0 Å². The molecule has 1 aromatic carbocycles. The Balaban J connectivity index is 1.93. The third-order valence-corrected chi connectivity index (χ3v) is 3.31. The van der Waals surface area contributed by atoms with Gasteiger partial charge in [-0.15, -0.1) is 0 Å². The number of carbonyl (C=O) groups is 1. The Labute approximate surface area is 115 Å². The number of alkyl halides is 3. The molecule has 1 saturated heterocycles. The predicted molar refractivity (Wildman–Crippen MR) is 67.3 cm³/mol. The molecule has 0 amide bonds. The summed E-state index contributed by atoms with van der Waals surface area (Å²) in [6.45, 7) is 1.73. The Morgan fingerprint density at radius 2 is 2.00 bits per heavy atom. The summed E-state index contributed by atoms with van der Waals surface area (Å²) < 4.78 is 42.6. The first-order valence-electron chi connectivity index (χ1n) is 6.54. The van der Waals surface area contributed by atoms with E-state index >= 15 is 0 Å². The molecule has 0 aliphatic carbocycles. The van der Waals surface area contributed by atoms with Gasteiger partial charge in [0.05, 0.1) is 5.56 Å². The second kappa shape index (κ2) is 6.26. The fraction of sp³-hybridized carbons (Fsp3) is 0.500. The van der Waals surface area contributed by atoms with Gasteiger partial charge in [0.1, 0.15) is 5.75 Å². The molecule has 1 fully saturated rings. The van der Waals surface area contributed by atoms with Crippen molar-refractivity contribution in [2.24, 2.45) is 5.92 Å². The van der Waals surface area contributed by atoms with Crippen molar-refractivity contribution in [3.05, 3.63) is 29.8 Å². The maximum atomic E-state index is 12.5. The Morgan fingerprint density at radius 1 is 1.30 bits per heavy atom. The van der Waals surface area contributed by atoms with Gasteiger partial charge in [0.15, 0.2) is 0 Å². The van der Waals surface area contributed by atoms with E-state index in [2.05, 4.69) is 5.32 Å². The van der Waals surface area contributed by atoms with Crippen molar-refractivity contribution in [3.63, 3.8) is 0 Å². The van der Waals surface area contributed by atoms with Crippen LogP contribution >= 0.6 is 0 Å². The van der Waals surface area contributed by atoms with Crippen molar-refractivity contribution in [1.29, 1.82) is 0 Å². The molecular formula is C14H16F3NO2. The van der Waals surface area contributed by atoms with E-state index in [-0.39, 0.29) is 18.1 Å². The van der Waals surface area contributed by atoms with Gasteiger partial charge in [-0.2, -0.15) is 13.2 Å². The third-order valence-electron chi connectivity index (χ3n) is 3.31. The van der Waals surface area contributed by atoms with Crippen LogP contribution in [0.2, 0.25) is 0 Å². The quantitative estimate of drug-likeness (QED) is 0.686. The molecule has 0 spiro atoms. The normalized spacial score (nSPS) is 16.9. The molecule has 1 aliphatic rings. The van der Waals surface area contributed by atoms with E-state index in [9.17, 15) is 18.0 Å². The SMILES string of the molecule is O=C(CC1CCNCC1)Oc1cccc(C(F)(F)F)c1. The molecule has 0 unspecified atom stereocenters. The molecule has 110 valence electrons.